The van der Waals surface area contributed by atoms with Gasteiger partial charge in [0.2, 0.25) is 11.8 Å². The number of primary amides is 1. The van der Waals surface area contributed by atoms with Crippen molar-refractivity contribution < 1.29 is 9.59 Å². The quantitative estimate of drug-likeness (QED) is 0.805. The van der Waals surface area contributed by atoms with E-state index in [1.807, 2.05) is 23.6 Å². The van der Waals surface area contributed by atoms with Gasteiger partial charge in [0.25, 0.3) is 0 Å². The Kier molecular flexibility index (Phi) is 5.61. The molecule has 2 aromatic rings. The van der Waals surface area contributed by atoms with Crippen molar-refractivity contribution in [1.29, 1.82) is 0 Å². The number of aryl methyl sites for hydroxylation is 2. The van der Waals surface area contributed by atoms with E-state index < -0.39 is 0 Å². The van der Waals surface area contributed by atoms with E-state index in [0.717, 1.165) is 24.1 Å². The minimum Gasteiger partial charge on any atom is -0.369 e. The molecule has 138 valence electrons. The molecule has 3 rings (SSSR count). The third-order valence-electron chi connectivity index (χ3n) is 4.63. The van der Waals surface area contributed by atoms with Crippen LogP contribution in [0, 0.1) is 19.8 Å². The summed E-state index contributed by atoms with van der Waals surface area (Å²) in [5.41, 5.74) is 8.70. The van der Waals surface area contributed by atoms with Crippen LogP contribution in [-0.4, -0.2) is 50.3 Å². The molecule has 1 saturated heterocycles. The van der Waals surface area contributed by atoms with E-state index in [1.54, 1.807) is 11.2 Å². The Bertz CT molecular complexity index is 820. The molecule has 0 saturated carbocycles. The summed E-state index contributed by atoms with van der Waals surface area (Å²) in [6.07, 6.45) is 3.23. The number of hydrogen-bond donors (Lipinski definition) is 1. The molecule has 0 radical (unpaired) electrons. The van der Waals surface area contributed by atoms with Gasteiger partial charge in [0.1, 0.15) is 6.33 Å². The summed E-state index contributed by atoms with van der Waals surface area (Å²) < 4.78 is 1.90. The molecule has 2 amide bonds. The first-order valence-corrected chi connectivity index (χ1v) is 9.62. The first kappa shape index (κ1) is 18.4. The molecule has 1 aliphatic rings. The lowest BCUT2D eigenvalue weighted by molar-refractivity contribution is -0.132. The summed E-state index contributed by atoms with van der Waals surface area (Å²) in [5.74, 6) is -0.313. The normalized spacial score (nSPS) is 17.3. The molecule has 1 aromatic heterocycles. The van der Waals surface area contributed by atoms with Crippen molar-refractivity contribution >= 4 is 23.6 Å². The first-order chi connectivity index (χ1) is 12.5. The predicted octanol–water partition coefficient (Wildman–Crippen LogP) is 1.70. The number of hydrogen-bond acceptors (Lipinski definition) is 5. The number of carbonyl (C=O) groups is 2. The van der Waals surface area contributed by atoms with Crippen LogP contribution in [0.15, 0.2) is 29.7 Å². The molecule has 0 aliphatic carbocycles. The Hall–Kier alpha value is -2.35. The molecule has 1 fully saturated rings. The Balaban J connectivity index is 1.66. The summed E-state index contributed by atoms with van der Waals surface area (Å²) in [7, 11) is 0. The van der Waals surface area contributed by atoms with Crippen LogP contribution in [0.3, 0.4) is 0 Å². The van der Waals surface area contributed by atoms with Crippen LogP contribution in [0.2, 0.25) is 0 Å². The minimum atomic E-state index is -0.329. The number of nitrogens with zero attached hydrogens (tertiary/aromatic N) is 4. The smallest absolute Gasteiger partial charge is 0.233 e. The number of benzene rings is 1. The van der Waals surface area contributed by atoms with Gasteiger partial charge in [-0.15, -0.1) is 10.2 Å². The summed E-state index contributed by atoms with van der Waals surface area (Å²) in [6, 6.07) is 6.17. The molecular weight excluding hydrogens is 350 g/mol. The Morgan fingerprint density at radius 2 is 2.15 bits per heavy atom. The second kappa shape index (κ2) is 7.90. The van der Waals surface area contributed by atoms with Crippen LogP contribution in [0.4, 0.5) is 0 Å². The van der Waals surface area contributed by atoms with Crippen LogP contribution >= 0.6 is 11.8 Å². The van der Waals surface area contributed by atoms with E-state index in [4.69, 9.17) is 5.73 Å². The van der Waals surface area contributed by atoms with Gasteiger partial charge in [-0.05, 0) is 38.3 Å². The molecule has 1 atom stereocenters. The largest absolute Gasteiger partial charge is 0.369 e. The van der Waals surface area contributed by atoms with Crippen molar-refractivity contribution in [2.75, 3.05) is 18.8 Å². The maximum absolute atomic E-state index is 12.5. The van der Waals surface area contributed by atoms with E-state index in [9.17, 15) is 9.59 Å². The van der Waals surface area contributed by atoms with E-state index in [2.05, 4.69) is 23.2 Å². The fraction of sp³-hybridized carbons (Fsp3) is 0.444. The fourth-order valence-corrected chi connectivity index (χ4v) is 4.04. The van der Waals surface area contributed by atoms with E-state index in [-0.39, 0.29) is 23.5 Å². The van der Waals surface area contributed by atoms with Gasteiger partial charge in [0.15, 0.2) is 5.16 Å². The van der Waals surface area contributed by atoms with Gasteiger partial charge in [-0.3, -0.25) is 14.2 Å². The third-order valence-corrected chi connectivity index (χ3v) is 5.56. The van der Waals surface area contributed by atoms with Gasteiger partial charge >= 0.3 is 0 Å². The van der Waals surface area contributed by atoms with Crippen LogP contribution in [-0.2, 0) is 9.59 Å². The van der Waals surface area contributed by atoms with Gasteiger partial charge in [-0.2, -0.15) is 0 Å². The average Bonchev–Trinajstić information content (AvgIpc) is 3.08. The maximum Gasteiger partial charge on any atom is 0.233 e. The predicted molar refractivity (Wildman–Crippen MR) is 100 cm³/mol. The van der Waals surface area contributed by atoms with Crippen molar-refractivity contribution in [3.05, 3.63) is 35.7 Å². The Labute approximate surface area is 157 Å². The van der Waals surface area contributed by atoms with Gasteiger partial charge in [0.05, 0.1) is 17.4 Å². The molecule has 1 unspecified atom stereocenters. The molecule has 2 N–H and O–H groups in total. The zero-order valence-electron chi connectivity index (χ0n) is 15.0. The summed E-state index contributed by atoms with van der Waals surface area (Å²) in [6.45, 7) is 5.18. The highest BCUT2D eigenvalue weighted by molar-refractivity contribution is 7.99. The van der Waals surface area contributed by atoms with Crippen molar-refractivity contribution in [2.45, 2.75) is 31.8 Å². The number of carbonyl (C=O) groups excluding carboxylic acids is 2. The molecule has 7 nitrogen and oxygen atoms in total. The van der Waals surface area contributed by atoms with Crippen LogP contribution in [0.25, 0.3) is 5.69 Å². The standard InChI is InChI=1S/C18H23N5O2S/c1-12-5-6-15(13(2)8-12)23-11-20-21-18(23)26-10-16(24)22-7-3-4-14(9-22)17(19)25/h5-6,8,11,14H,3-4,7,9-10H2,1-2H3,(H2,19,25). The molecule has 0 bridgehead atoms. The molecule has 1 aromatic carbocycles. The second-order valence-corrected chi connectivity index (χ2v) is 7.59. The topological polar surface area (TPSA) is 94.1 Å². The number of rotatable bonds is 5. The Morgan fingerprint density at radius 3 is 2.88 bits per heavy atom. The summed E-state index contributed by atoms with van der Waals surface area (Å²) >= 11 is 1.35. The fourth-order valence-electron chi connectivity index (χ4n) is 3.22. The highest BCUT2D eigenvalue weighted by Crippen LogP contribution is 2.24. The van der Waals surface area contributed by atoms with Crippen molar-refractivity contribution in [1.82, 2.24) is 19.7 Å². The monoisotopic (exact) mass is 373 g/mol. The zero-order valence-corrected chi connectivity index (χ0v) is 15.8. The lowest BCUT2D eigenvalue weighted by Gasteiger charge is -2.31. The zero-order chi connectivity index (χ0) is 18.7. The molecule has 8 heteroatoms. The minimum absolute atomic E-state index is 0.00359. The molecular formula is C18H23N5O2S. The average molecular weight is 373 g/mol. The Morgan fingerprint density at radius 1 is 1.35 bits per heavy atom. The number of aromatic nitrogens is 3. The number of likely N-dealkylation sites (tertiary alicyclic amines) is 1. The maximum atomic E-state index is 12.5. The molecule has 26 heavy (non-hydrogen) atoms. The van der Waals surface area contributed by atoms with Gasteiger partial charge in [0, 0.05) is 13.1 Å². The number of amides is 2. The summed E-state index contributed by atoms with van der Waals surface area (Å²) in [4.78, 5) is 25.6. The van der Waals surface area contributed by atoms with Crippen molar-refractivity contribution in [3.63, 3.8) is 0 Å². The molecule has 2 heterocycles. The highest BCUT2D eigenvalue weighted by Gasteiger charge is 2.27. The first-order valence-electron chi connectivity index (χ1n) is 8.63. The molecule has 1 aliphatic heterocycles. The van der Waals surface area contributed by atoms with E-state index >= 15 is 0 Å². The van der Waals surface area contributed by atoms with E-state index in [1.165, 1.54) is 17.3 Å². The van der Waals surface area contributed by atoms with Crippen LogP contribution in [0.5, 0.6) is 0 Å². The van der Waals surface area contributed by atoms with Gasteiger partial charge in [-0.25, -0.2) is 0 Å². The number of piperidine rings is 1. The summed E-state index contributed by atoms with van der Waals surface area (Å²) in [5, 5.41) is 8.82. The van der Waals surface area contributed by atoms with Crippen LogP contribution < -0.4 is 5.73 Å². The number of nitrogens with two attached hydrogens (primary N) is 1. The molecule has 0 spiro atoms. The number of thioether (sulfide) groups is 1. The van der Waals surface area contributed by atoms with Crippen molar-refractivity contribution in [2.24, 2.45) is 11.7 Å². The second-order valence-electron chi connectivity index (χ2n) is 6.64. The van der Waals surface area contributed by atoms with Crippen molar-refractivity contribution in [3.8, 4) is 5.69 Å². The third kappa shape index (κ3) is 4.07. The van der Waals surface area contributed by atoms with Gasteiger partial charge < -0.3 is 10.6 Å². The lowest BCUT2D eigenvalue weighted by atomic mass is 9.97. The highest BCUT2D eigenvalue weighted by atomic mass is 32.2. The van der Waals surface area contributed by atoms with E-state index in [0.29, 0.717) is 18.2 Å². The lowest BCUT2D eigenvalue weighted by Crippen LogP contribution is -2.44. The van der Waals surface area contributed by atoms with Crippen LogP contribution in [0.1, 0.15) is 24.0 Å². The SMILES string of the molecule is Cc1ccc(-n2cnnc2SCC(=O)N2CCCC(C(N)=O)C2)c(C)c1. The van der Waals surface area contributed by atoms with Gasteiger partial charge in [-0.1, -0.05) is 29.5 Å².